The first kappa shape index (κ1) is 22.8. The number of nitrogens with two attached hydrogens (primary N) is 1. The third kappa shape index (κ3) is 5.51. The van der Waals surface area contributed by atoms with Gasteiger partial charge in [0.05, 0.1) is 5.56 Å². The Morgan fingerprint density at radius 2 is 1.76 bits per heavy atom. The van der Waals surface area contributed by atoms with Crippen LogP contribution in [0.2, 0.25) is 0 Å². The lowest BCUT2D eigenvalue weighted by atomic mass is 9.90. The highest BCUT2D eigenvalue weighted by Gasteiger charge is 2.25. The number of anilines is 2. The smallest absolute Gasteiger partial charge is 0.261 e. The number of carbonyl (C=O) groups excluding carboxylic acids is 1. The number of para-hydroxylation sites is 1. The van der Waals surface area contributed by atoms with Crippen molar-refractivity contribution >= 4 is 17.5 Å². The van der Waals surface area contributed by atoms with Crippen molar-refractivity contribution < 1.29 is 9.53 Å². The molecule has 1 aromatic heterocycles. The number of nitrogen functional groups attached to an aromatic ring is 1. The van der Waals surface area contributed by atoms with Gasteiger partial charge in [-0.2, -0.15) is 5.26 Å². The molecule has 0 bridgehead atoms. The van der Waals surface area contributed by atoms with E-state index in [1.54, 1.807) is 6.07 Å². The molecule has 1 aliphatic carbocycles. The standard InChI is InChI=1S/C26H26N6O2/c1-17(15-27)26(33)32-20-7-5-6-19(14-20)31-25-23(24(28)29-16-30-25)18-10-12-22(13-11-18)34-21-8-3-2-4-9-21/h2-4,8-13,16,19-20H,1,5-7,14H2,(H,32,33)(H3,28,29,30,31). The van der Waals surface area contributed by atoms with Crippen molar-refractivity contribution in [2.24, 2.45) is 0 Å². The monoisotopic (exact) mass is 454 g/mol. The van der Waals surface area contributed by atoms with Gasteiger partial charge in [0.15, 0.2) is 0 Å². The summed E-state index contributed by atoms with van der Waals surface area (Å²) in [6.45, 7) is 3.48. The second kappa shape index (κ2) is 10.5. The Hall–Kier alpha value is -4.38. The van der Waals surface area contributed by atoms with Gasteiger partial charge in [0.2, 0.25) is 0 Å². The van der Waals surface area contributed by atoms with Gasteiger partial charge >= 0.3 is 0 Å². The van der Waals surface area contributed by atoms with E-state index in [4.69, 9.17) is 15.7 Å². The average Bonchev–Trinajstić information content (AvgIpc) is 2.85. The third-order valence-electron chi connectivity index (χ3n) is 5.76. The summed E-state index contributed by atoms with van der Waals surface area (Å²) in [7, 11) is 0. The van der Waals surface area contributed by atoms with Crippen LogP contribution in [-0.4, -0.2) is 28.0 Å². The van der Waals surface area contributed by atoms with Crippen LogP contribution in [0.5, 0.6) is 11.5 Å². The molecule has 2 aromatic carbocycles. The van der Waals surface area contributed by atoms with Crippen LogP contribution in [0.4, 0.5) is 11.6 Å². The molecule has 1 amide bonds. The lowest BCUT2D eigenvalue weighted by Crippen LogP contribution is -2.42. The normalized spacial score (nSPS) is 17.3. The van der Waals surface area contributed by atoms with Crippen LogP contribution in [0.15, 0.2) is 73.1 Å². The number of nitrogens with zero attached hydrogens (tertiary/aromatic N) is 3. The molecule has 4 N–H and O–H groups in total. The lowest BCUT2D eigenvalue weighted by Gasteiger charge is -2.31. The quantitative estimate of drug-likeness (QED) is 0.356. The number of nitriles is 1. The lowest BCUT2D eigenvalue weighted by molar-refractivity contribution is -0.118. The summed E-state index contributed by atoms with van der Waals surface area (Å²) in [5.74, 6) is 2.07. The van der Waals surface area contributed by atoms with Gasteiger partial charge in [0.25, 0.3) is 5.91 Å². The Labute approximate surface area is 198 Å². The summed E-state index contributed by atoms with van der Waals surface area (Å²) >= 11 is 0. The third-order valence-corrected chi connectivity index (χ3v) is 5.76. The summed E-state index contributed by atoms with van der Waals surface area (Å²) in [5.41, 5.74) is 7.75. The number of aromatic nitrogens is 2. The number of nitrogens with one attached hydrogen (secondary N) is 2. The van der Waals surface area contributed by atoms with E-state index in [2.05, 4.69) is 27.2 Å². The van der Waals surface area contributed by atoms with Crippen molar-refractivity contribution in [1.82, 2.24) is 15.3 Å². The Morgan fingerprint density at radius 1 is 1.06 bits per heavy atom. The molecule has 0 spiro atoms. The van der Waals surface area contributed by atoms with Crippen molar-refractivity contribution in [3.8, 4) is 28.7 Å². The summed E-state index contributed by atoms with van der Waals surface area (Å²) in [6.07, 6.45) is 4.86. The first-order valence-corrected chi connectivity index (χ1v) is 11.1. The molecule has 4 rings (SSSR count). The second-order valence-electron chi connectivity index (χ2n) is 8.19. The van der Waals surface area contributed by atoms with Crippen molar-refractivity contribution in [3.05, 3.63) is 73.1 Å². The SMILES string of the molecule is C=C(C#N)C(=O)NC1CCCC(Nc2ncnc(N)c2-c2ccc(Oc3ccccc3)cc2)C1. The fourth-order valence-corrected chi connectivity index (χ4v) is 4.08. The maximum Gasteiger partial charge on any atom is 0.261 e. The molecular formula is C26H26N6O2. The van der Waals surface area contributed by atoms with Gasteiger partial charge in [-0.25, -0.2) is 9.97 Å². The molecule has 0 saturated heterocycles. The first-order chi connectivity index (χ1) is 16.5. The molecular weight excluding hydrogens is 428 g/mol. The molecule has 0 aliphatic heterocycles. The van der Waals surface area contributed by atoms with Gasteiger partial charge in [0.1, 0.15) is 41.1 Å². The molecule has 8 nitrogen and oxygen atoms in total. The molecule has 172 valence electrons. The number of benzene rings is 2. The summed E-state index contributed by atoms with van der Waals surface area (Å²) in [5, 5.41) is 15.3. The molecule has 1 saturated carbocycles. The molecule has 0 radical (unpaired) electrons. The van der Waals surface area contributed by atoms with Crippen LogP contribution in [-0.2, 0) is 4.79 Å². The van der Waals surface area contributed by atoms with Gasteiger partial charge in [-0.05, 0) is 55.5 Å². The zero-order valence-electron chi connectivity index (χ0n) is 18.7. The van der Waals surface area contributed by atoms with Gasteiger partial charge in [-0.15, -0.1) is 0 Å². The summed E-state index contributed by atoms with van der Waals surface area (Å²) in [4.78, 5) is 20.7. The average molecular weight is 455 g/mol. The number of hydrogen-bond acceptors (Lipinski definition) is 7. The van der Waals surface area contributed by atoms with Crippen molar-refractivity contribution in [2.75, 3.05) is 11.1 Å². The topological polar surface area (TPSA) is 126 Å². The Bertz CT molecular complexity index is 1200. The highest BCUT2D eigenvalue weighted by Crippen LogP contribution is 2.34. The van der Waals surface area contributed by atoms with Gasteiger partial charge in [-0.1, -0.05) is 36.9 Å². The van der Waals surface area contributed by atoms with Crippen molar-refractivity contribution in [1.29, 1.82) is 5.26 Å². The minimum Gasteiger partial charge on any atom is -0.457 e. The van der Waals surface area contributed by atoms with Crippen LogP contribution >= 0.6 is 0 Å². The van der Waals surface area contributed by atoms with Gasteiger partial charge in [0, 0.05) is 12.1 Å². The number of amides is 1. The van der Waals surface area contributed by atoms with Gasteiger partial charge < -0.3 is 21.1 Å². The van der Waals surface area contributed by atoms with E-state index in [0.29, 0.717) is 23.8 Å². The maximum absolute atomic E-state index is 12.0. The van der Waals surface area contributed by atoms with Crippen molar-refractivity contribution in [3.63, 3.8) is 0 Å². The molecule has 1 heterocycles. The van der Waals surface area contributed by atoms with E-state index >= 15 is 0 Å². The van der Waals surface area contributed by atoms with Crippen LogP contribution < -0.4 is 21.1 Å². The fourth-order valence-electron chi connectivity index (χ4n) is 4.08. The van der Waals surface area contributed by atoms with E-state index in [1.807, 2.05) is 54.6 Å². The number of ether oxygens (including phenoxy) is 1. The minimum atomic E-state index is -0.419. The molecule has 1 fully saturated rings. The van der Waals surface area contributed by atoms with Crippen LogP contribution in [0, 0.1) is 11.3 Å². The molecule has 2 atom stereocenters. The van der Waals surface area contributed by atoms with Crippen molar-refractivity contribution in [2.45, 2.75) is 37.8 Å². The molecule has 34 heavy (non-hydrogen) atoms. The van der Waals surface area contributed by atoms with E-state index < -0.39 is 5.91 Å². The minimum absolute atomic E-state index is 0.0408. The van der Waals surface area contributed by atoms with E-state index in [1.165, 1.54) is 6.33 Å². The van der Waals surface area contributed by atoms with E-state index in [-0.39, 0.29) is 17.7 Å². The molecule has 2 unspecified atom stereocenters. The van der Waals surface area contributed by atoms with Crippen LogP contribution in [0.25, 0.3) is 11.1 Å². The Morgan fingerprint density at radius 3 is 2.50 bits per heavy atom. The predicted octanol–water partition coefficient (Wildman–Crippen LogP) is 4.44. The highest BCUT2D eigenvalue weighted by molar-refractivity contribution is 5.96. The second-order valence-corrected chi connectivity index (χ2v) is 8.19. The summed E-state index contributed by atoms with van der Waals surface area (Å²) < 4.78 is 5.88. The van der Waals surface area contributed by atoms with E-state index in [0.717, 1.165) is 36.1 Å². The maximum atomic E-state index is 12.0. The molecule has 3 aromatic rings. The Kier molecular flexibility index (Phi) is 7.04. The zero-order chi connectivity index (χ0) is 23.9. The van der Waals surface area contributed by atoms with Gasteiger partial charge in [-0.3, -0.25) is 4.79 Å². The van der Waals surface area contributed by atoms with Crippen LogP contribution in [0.3, 0.4) is 0 Å². The number of rotatable bonds is 7. The summed E-state index contributed by atoms with van der Waals surface area (Å²) in [6, 6.07) is 19.0. The zero-order valence-corrected chi connectivity index (χ0v) is 18.7. The largest absolute Gasteiger partial charge is 0.457 e. The molecule has 1 aliphatic rings. The Balaban J connectivity index is 1.48. The predicted molar refractivity (Wildman–Crippen MR) is 131 cm³/mol. The van der Waals surface area contributed by atoms with E-state index in [9.17, 15) is 4.79 Å². The molecule has 8 heteroatoms. The highest BCUT2D eigenvalue weighted by atomic mass is 16.5. The van der Waals surface area contributed by atoms with Crippen LogP contribution in [0.1, 0.15) is 25.7 Å². The number of hydrogen-bond donors (Lipinski definition) is 3. The fraction of sp³-hybridized carbons (Fsp3) is 0.231. The number of carbonyl (C=O) groups is 1. The first-order valence-electron chi connectivity index (χ1n) is 11.1.